The third-order valence-corrected chi connectivity index (χ3v) is 11.2. The van der Waals surface area contributed by atoms with Gasteiger partial charge in [-0.15, -0.1) is 0 Å². The van der Waals surface area contributed by atoms with Gasteiger partial charge in [-0.2, -0.15) is 0 Å². The van der Waals surface area contributed by atoms with Crippen LogP contribution in [-0.4, -0.2) is 0 Å². The smallest absolute Gasteiger partial charge is 0.706 e. The van der Waals surface area contributed by atoms with E-state index < -0.39 is 0 Å². The van der Waals surface area contributed by atoms with Crippen molar-refractivity contribution >= 4 is 82.3 Å². The van der Waals surface area contributed by atoms with Crippen LogP contribution in [0.4, 0.5) is 0 Å². The molecule has 0 N–H and O–H groups in total. The van der Waals surface area contributed by atoms with Gasteiger partial charge in [-0.3, -0.25) is 19.7 Å². The van der Waals surface area contributed by atoms with Crippen LogP contribution < -0.4 is 37.7 Å². The van der Waals surface area contributed by atoms with Crippen LogP contribution in [0.2, 0.25) is 0 Å². The number of hydrogen-bond acceptors (Lipinski definition) is 8. The Kier molecular flexibility index (Phi) is 36.6. The fourth-order valence-corrected chi connectivity index (χ4v) is 11.0. The van der Waals surface area contributed by atoms with E-state index in [9.17, 15) is 0 Å². The average Bonchev–Trinajstić information content (AvgIpc) is 1.81. The minimum atomic E-state index is 0. The summed E-state index contributed by atoms with van der Waals surface area (Å²) in [6, 6.07) is 0. The molecule has 0 aliphatic carbocycles. The maximum absolute atomic E-state index is 4.60. The minimum Gasteiger partial charge on any atom is -0.706 e. The molecule has 0 aliphatic rings. The van der Waals surface area contributed by atoms with Crippen LogP contribution in [0.15, 0.2) is 0 Å². The van der Waals surface area contributed by atoms with Crippen molar-refractivity contribution in [1.29, 1.82) is 0 Å². The first-order chi connectivity index (χ1) is 3.91. The van der Waals surface area contributed by atoms with Gasteiger partial charge in [-0.05, 0) is 39.3 Å². The van der Waals surface area contributed by atoms with Gasteiger partial charge in [-0.1, -0.05) is 0 Å². The summed E-state index contributed by atoms with van der Waals surface area (Å²) < 4.78 is 0. The van der Waals surface area contributed by atoms with E-state index >= 15 is 0 Å². The average molecular weight is 270 g/mol. The quantitative estimate of drug-likeness (QED) is 0.238. The molecule has 0 fully saturated rings. The molecule has 0 aliphatic heterocycles. The molecule has 0 heterocycles. The van der Waals surface area contributed by atoms with E-state index in [0.29, 0.717) is 0 Å². The molecule has 0 rings (SSSR count). The molecule has 0 spiro atoms. The van der Waals surface area contributed by atoms with Gasteiger partial charge in [-0.25, -0.2) is 0 Å². The van der Waals surface area contributed by atoms with Crippen molar-refractivity contribution in [3.63, 3.8) is 0 Å². The SMILES string of the molecule is [Li+].[Li+].[S-]SSSSSS[S-]. The number of rotatable bonds is 5. The second-order valence-electron chi connectivity index (χ2n) is 0.408. The Balaban J connectivity index is -0.000000245. The Bertz CT molecular complexity index is 32.2. The predicted molar refractivity (Wildman–Crippen MR) is 60.3 cm³/mol. The molecule has 0 aromatic heterocycles. The molecule has 0 bridgehead atoms. The van der Waals surface area contributed by atoms with Crippen LogP contribution in [0.5, 0.6) is 0 Å². The molecule has 50 valence electrons. The molecule has 10 heavy (non-hydrogen) atoms. The van der Waals surface area contributed by atoms with Gasteiger partial charge in [0.25, 0.3) is 0 Å². The van der Waals surface area contributed by atoms with Crippen LogP contribution in [-0.2, 0) is 23.3 Å². The maximum atomic E-state index is 4.60. The van der Waals surface area contributed by atoms with Gasteiger partial charge in [0.2, 0.25) is 0 Å². The van der Waals surface area contributed by atoms with Gasteiger partial charge in [0.05, 0.1) is 0 Å². The standard InChI is InChI=1S/2Li.H2S8/c;;1-3-5-7-8-6-4-2/h;;1-2H/q2*+1;/p-2. The third kappa shape index (κ3) is 17.9. The molecule has 0 aromatic carbocycles. The van der Waals surface area contributed by atoms with Gasteiger partial charge in [0, 0.05) is 0 Å². The largest absolute Gasteiger partial charge is 1.00 e. The normalized spacial score (nSPS) is 7.80. The minimum absolute atomic E-state index is 0. The first-order valence-electron chi connectivity index (χ1n) is 1.17. The van der Waals surface area contributed by atoms with Crippen LogP contribution in [0.1, 0.15) is 0 Å². The zero-order valence-corrected chi connectivity index (χ0v) is 11.8. The van der Waals surface area contributed by atoms with Crippen LogP contribution >= 0.6 is 59.0 Å². The molecular weight excluding hydrogens is 270 g/mol. The molecule has 0 radical (unpaired) electrons. The predicted octanol–water partition coefficient (Wildman–Crippen LogP) is -2.11. The molecule has 0 saturated carbocycles. The van der Waals surface area contributed by atoms with E-state index in [4.69, 9.17) is 0 Å². The topological polar surface area (TPSA) is 0 Å². The van der Waals surface area contributed by atoms with Crippen molar-refractivity contribution in [1.82, 2.24) is 0 Å². The van der Waals surface area contributed by atoms with E-state index in [2.05, 4.69) is 23.3 Å². The summed E-state index contributed by atoms with van der Waals surface area (Å²) in [4.78, 5) is 0. The van der Waals surface area contributed by atoms with Crippen molar-refractivity contribution in [2.24, 2.45) is 0 Å². The second kappa shape index (κ2) is 18.7. The van der Waals surface area contributed by atoms with Crippen molar-refractivity contribution in [3.05, 3.63) is 0 Å². The van der Waals surface area contributed by atoms with Crippen molar-refractivity contribution < 1.29 is 37.7 Å². The summed E-state index contributed by atoms with van der Waals surface area (Å²) in [6.07, 6.45) is 0. The van der Waals surface area contributed by atoms with Gasteiger partial charge in [0.1, 0.15) is 0 Å². The summed E-state index contributed by atoms with van der Waals surface area (Å²) in [6.45, 7) is 0. The summed E-state index contributed by atoms with van der Waals surface area (Å²) >= 11 is 9.21. The Labute approximate surface area is 118 Å². The molecule has 10 heteroatoms. The Morgan fingerprint density at radius 3 is 1.10 bits per heavy atom. The molecule has 0 amide bonds. The molecule has 0 atom stereocenters. The van der Waals surface area contributed by atoms with Gasteiger partial charge < -0.3 is 23.3 Å². The second-order valence-corrected chi connectivity index (χ2v) is 11.0. The zero-order chi connectivity index (χ0) is 6.24. The maximum Gasteiger partial charge on any atom is 1.00 e. The fraction of sp³-hybridized carbons (Fsp3) is 0. The zero-order valence-electron chi connectivity index (χ0n) is 5.27. The van der Waals surface area contributed by atoms with E-state index in [1.165, 1.54) is 19.7 Å². The van der Waals surface area contributed by atoms with E-state index in [0.717, 1.165) is 0 Å². The van der Waals surface area contributed by atoms with E-state index in [1.807, 2.05) is 0 Å². The molecule has 0 unspecified atom stereocenters. The third-order valence-electron chi connectivity index (χ3n) is 0.139. The molecular formula is Li2S8. The first kappa shape index (κ1) is 19.5. The van der Waals surface area contributed by atoms with Crippen LogP contribution in [0, 0.1) is 0 Å². The summed E-state index contributed by atoms with van der Waals surface area (Å²) in [7, 11) is 9.12. The van der Waals surface area contributed by atoms with Crippen LogP contribution in [0.3, 0.4) is 0 Å². The number of hydrogen-bond donors (Lipinski definition) is 0. The monoisotopic (exact) mass is 270 g/mol. The summed E-state index contributed by atoms with van der Waals surface area (Å²) in [5.41, 5.74) is 0. The fourth-order valence-electron chi connectivity index (χ4n) is 0.0454. The van der Waals surface area contributed by atoms with E-state index in [1.54, 1.807) is 39.3 Å². The van der Waals surface area contributed by atoms with Crippen molar-refractivity contribution in [2.45, 2.75) is 0 Å². The van der Waals surface area contributed by atoms with Gasteiger partial charge in [0.15, 0.2) is 0 Å². The Morgan fingerprint density at radius 2 is 0.900 bits per heavy atom. The molecule has 0 saturated heterocycles. The van der Waals surface area contributed by atoms with Crippen molar-refractivity contribution in [2.75, 3.05) is 0 Å². The summed E-state index contributed by atoms with van der Waals surface area (Å²) in [5, 5.41) is 0. The summed E-state index contributed by atoms with van der Waals surface area (Å²) in [5.74, 6) is 0. The first-order valence-corrected chi connectivity index (χ1v) is 10.5. The van der Waals surface area contributed by atoms with Gasteiger partial charge >= 0.3 is 37.7 Å². The van der Waals surface area contributed by atoms with Crippen molar-refractivity contribution in [3.8, 4) is 0 Å². The Morgan fingerprint density at radius 1 is 0.600 bits per heavy atom. The van der Waals surface area contributed by atoms with Crippen LogP contribution in [0.25, 0.3) is 0 Å². The Hall–Kier alpha value is 3.99. The molecule has 0 nitrogen and oxygen atoms in total. The molecule has 0 aromatic rings. The van der Waals surface area contributed by atoms with E-state index in [-0.39, 0.29) is 37.7 Å².